The van der Waals surface area contributed by atoms with Crippen LogP contribution in [0.5, 0.6) is 0 Å². The van der Waals surface area contributed by atoms with E-state index in [1.54, 1.807) is 13.0 Å². The summed E-state index contributed by atoms with van der Waals surface area (Å²) in [5, 5.41) is 4.31. The van der Waals surface area contributed by atoms with Crippen molar-refractivity contribution in [2.24, 2.45) is 0 Å². The number of aromatic nitrogens is 1. The van der Waals surface area contributed by atoms with Gasteiger partial charge in [-0.1, -0.05) is 0 Å². The first-order valence-electron chi connectivity index (χ1n) is 7.68. The van der Waals surface area contributed by atoms with Gasteiger partial charge in [0.15, 0.2) is 0 Å². The maximum Gasteiger partial charge on any atom is 0.338 e. The number of aryl methyl sites for hydroxylation is 1. The van der Waals surface area contributed by atoms with E-state index in [1.165, 1.54) is 3.57 Å². The molecule has 1 N–H and O–H groups in total. The minimum atomic E-state index is -0.319. The second-order valence-corrected chi connectivity index (χ2v) is 6.64. The van der Waals surface area contributed by atoms with Crippen molar-refractivity contribution in [3.63, 3.8) is 0 Å². The molecule has 0 radical (unpaired) electrons. The van der Waals surface area contributed by atoms with Gasteiger partial charge in [0.1, 0.15) is 0 Å². The highest BCUT2D eigenvalue weighted by Crippen LogP contribution is 2.28. The zero-order valence-electron chi connectivity index (χ0n) is 13.5. The molecular weight excluding hydrogens is 415 g/mol. The fraction of sp³-hybridized carbons (Fsp3) is 0.158. The molecule has 0 saturated heterocycles. The quantitative estimate of drug-likeness (QED) is 0.462. The molecule has 0 spiro atoms. The van der Waals surface area contributed by atoms with Crippen molar-refractivity contribution >= 4 is 50.8 Å². The highest BCUT2D eigenvalue weighted by Gasteiger charge is 2.11. The molecular formula is C19H17IN2O2. The predicted octanol–water partition coefficient (Wildman–Crippen LogP) is 5.07. The average Bonchev–Trinajstić information content (AvgIpc) is 2.56. The maximum atomic E-state index is 12.0. The Morgan fingerprint density at radius 3 is 2.62 bits per heavy atom. The van der Waals surface area contributed by atoms with E-state index in [9.17, 15) is 4.79 Å². The molecule has 0 bridgehead atoms. The smallest absolute Gasteiger partial charge is 0.338 e. The normalized spacial score (nSPS) is 10.6. The summed E-state index contributed by atoms with van der Waals surface area (Å²) in [7, 11) is 0. The van der Waals surface area contributed by atoms with Gasteiger partial charge in [-0.05, 0) is 85.0 Å². The van der Waals surface area contributed by atoms with Crippen LogP contribution in [0.1, 0.15) is 23.0 Å². The van der Waals surface area contributed by atoms with E-state index in [2.05, 4.69) is 32.9 Å². The fourth-order valence-corrected chi connectivity index (χ4v) is 2.85. The van der Waals surface area contributed by atoms with Crippen LogP contribution in [-0.2, 0) is 4.74 Å². The molecule has 0 atom stereocenters. The van der Waals surface area contributed by atoms with Gasteiger partial charge in [0.05, 0.1) is 17.7 Å². The van der Waals surface area contributed by atoms with Gasteiger partial charge in [-0.15, -0.1) is 0 Å². The van der Waals surface area contributed by atoms with Crippen LogP contribution in [0.3, 0.4) is 0 Å². The summed E-state index contributed by atoms with van der Waals surface area (Å²) in [5.41, 5.74) is 4.20. The molecule has 0 saturated carbocycles. The van der Waals surface area contributed by atoms with Crippen LogP contribution in [0.2, 0.25) is 0 Å². The van der Waals surface area contributed by atoms with Crippen LogP contribution in [-0.4, -0.2) is 17.6 Å². The van der Waals surface area contributed by atoms with E-state index in [4.69, 9.17) is 4.74 Å². The molecule has 1 aromatic heterocycles. The van der Waals surface area contributed by atoms with Crippen molar-refractivity contribution in [3.05, 3.63) is 63.4 Å². The number of fused-ring (bicyclic) bond motifs is 1. The van der Waals surface area contributed by atoms with E-state index in [0.29, 0.717) is 12.2 Å². The number of halogens is 1. The van der Waals surface area contributed by atoms with Gasteiger partial charge < -0.3 is 10.1 Å². The van der Waals surface area contributed by atoms with Gasteiger partial charge in [-0.25, -0.2) is 4.79 Å². The Bertz CT molecular complexity index is 892. The van der Waals surface area contributed by atoms with Gasteiger partial charge in [-0.3, -0.25) is 4.98 Å². The molecule has 0 aliphatic rings. The van der Waals surface area contributed by atoms with E-state index >= 15 is 0 Å². The van der Waals surface area contributed by atoms with Gasteiger partial charge in [-0.2, -0.15) is 0 Å². The first-order chi connectivity index (χ1) is 11.6. The van der Waals surface area contributed by atoms with Crippen molar-refractivity contribution in [2.75, 3.05) is 11.9 Å². The molecule has 122 valence electrons. The van der Waals surface area contributed by atoms with Gasteiger partial charge in [0.25, 0.3) is 0 Å². The summed E-state index contributed by atoms with van der Waals surface area (Å²) in [6.45, 7) is 4.11. The third-order valence-electron chi connectivity index (χ3n) is 3.57. The van der Waals surface area contributed by atoms with Crippen LogP contribution < -0.4 is 5.32 Å². The van der Waals surface area contributed by atoms with Crippen LogP contribution in [0.4, 0.5) is 11.4 Å². The lowest BCUT2D eigenvalue weighted by Crippen LogP contribution is -2.05. The molecule has 4 nitrogen and oxygen atoms in total. The zero-order valence-corrected chi connectivity index (χ0v) is 15.6. The third kappa shape index (κ3) is 3.67. The largest absolute Gasteiger partial charge is 0.462 e. The third-order valence-corrected chi connectivity index (χ3v) is 4.29. The Morgan fingerprint density at radius 1 is 1.17 bits per heavy atom. The Labute approximate surface area is 154 Å². The lowest BCUT2D eigenvalue weighted by molar-refractivity contribution is 0.0526. The number of rotatable bonds is 4. The molecule has 0 fully saturated rings. The van der Waals surface area contributed by atoms with Gasteiger partial charge in [0.2, 0.25) is 0 Å². The van der Waals surface area contributed by atoms with E-state index in [0.717, 1.165) is 28.0 Å². The van der Waals surface area contributed by atoms with E-state index in [1.807, 2.05) is 49.4 Å². The number of ether oxygens (including phenoxy) is 1. The SMILES string of the molecule is CCOC(=O)c1ccc2nc(C)cc(Nc3ccc(I)cc3)c2c1. The molecule has 0 aliphatic heterocycles. The molecule has 0 unspecified atom stereocenters. The number of hydrogen-bond acceptors (Lipinski definition) is 4. The zero-order chi connectivity index (χ0) is 17.1. The molecule has 24 heavy (non-hydrogen) atoms. The number of nitrogens with zero attached hydrogens (tertiary/aromatic N) is 1. The Morgan fingerprint density at radius 2 is 1.92 bits per heavy atom. The highest BCUT2D eigenvalue weighted by molar-refractivity contribution is 14.1. The number of esters is 1. The average molecular weight is 432 g/mol. The van der Waals surface area contributed by atoms with Gasteiger partial charge >= 0.3 is 5.97 Å². The van der Waals surface area contributed by atoms with Crippen LogP contribution >= 0.6 is 22.6 Å². The molecule has 2 aromatic carbocycles. The van der Waals surface area contributed by atoms with Crippen molar-refractivity contribution < 1.29 is 9.53 Å². The number of nitrogens with one attached hydrogen (secondary N) is 1. The summed E-state index contributed by atoms with van der Waals surface area (Å²) in [6.07, 6.45) is 0. The molecule has 5 heteroatoms. The first-order valence-corrected chi connectivity index (χ1v) is 8.76. The lowest BCUT2D eigenvalue weighted by atomic mass is 10.1. The second-order valence-electron chi connectivity index (χ2n) is 5.40. The van der Waals surface area contributed by atoms with Crippen molar-refractivity contribution in [2.45, 2.75) is 13.8 Å². The Kier molecular flexibility index (Phi) is 4.99. The maximum absolute atomic E-state index is 12.0. The molecule has 0 amide bonds. The molecule has 3 aromatic rings. The number of benzene rings is 2. The first kappa shape index (κ1) is 16.7. The number of carbonyl (C=O) groups is 1. The molecule has 0 aliphatic carbocycles. The fourth-order valence-electron chi connectivity index (χ4n) is 2.49. The summed E-state index contributed by atoms with van der Waals surface area (Å²) in [5.74, 6) is -0.319. The number of hydrogen-bond donors (Lipinski definition) is 1. The number of carbonyl (C=O) groups excluding carboxylic acids is 1. The summed E-state index contributed by atoms with van der Waals surface area (Å²) < 4.78 is 6.27. The van der Waals surface area contributed by atoms with E-state index < -0.39 is 0 Å². The number of pyridine rings is 1. The van der Waals surface area contributed by atoms with E-state index in [-0.39, 0.29) is 5.97 Å². The lowest BCUT2D eigenvalue weighted by Gasteiger charge is -2.12. The number of anilines is 2. The molecule has 3 rings (SSSR count). The van der Waals surface area contributed by atoms with Crippen LogP contribution in [0, 0.1) is 10.5 Å². The summed E-state index contributed by atoms with van der Waals surface area (Å²) >= 11 is 2.28. The minimum Gasteiger partial charge on any atom is -0.462 e. The van der Waals surface area contributed by atoms with Crippen molar-refractivity contribution in [3.8, 4) is 0 Å². The molecule has 1 heterocycles. The minimum absolute atomic E-state index is 0.319. The Balaban J connectivity index is 2.05. The second kappa shape index (κ2) is 7.17. The summed E-state index contributed by atoms with van der Waals surface area (Å²) in [6, 6.07) is 15.6. The van der Waals surface area contributed by atoms with Crippen molar-refractivity contribution in [1.29, 1.82) is 0 Å². The topological polar surface area (TPSA) is 51.2 Å². The standard InChI is InChI=1S/C19H17IN2O2/c1-3-24-19(23)13-4-9-17-16(11-13)18(10-12(2)21-17)22-15-7-5-14(20)6-8-15/h4-11H,3H2,1-2H3,(H,21,22). The van der Waals surface area contributed by atoms with Crippen LogP contribution in [0.25, 0.3) is 10.9 Å². The predicted molar refractivity (Wildman–Crippen MR) is 105 cm³/mol. The Hall–Kier alpha value is -2.15. The van der Waals surface area contributed by atoms with Crippen LogP contribution in [0.15, 0.2) is 48.5 Å². The van der Waals surface area contributed by atoms with Crippen molar-refractivity contribution in [1.82, 2.24) is 4.98 Å². The van der Waals surface area contributed by atoms with Gasteiger partial charge in [0, 0.05) is 26.0 Å². The highest BCUT2D eigenvalue weighted by atomic mass is 127. The summed E-state index contributed by atoms with van der Waals surface area (Å²) in [4.78, 5) is 16.5. The monoisotopic (exact) mass is 432 g/mol.